The van der Waals surface area contributed by atoms with Gasteiger partial charge < -0.3 is 21.5 Å². The molecule has 1 aliphatic rings. The Hall–Kier alpha value is -3.56. The number of hydrogen-bond donors (Lipinski definition) is 4. The molecule has 0 aliphatic carbocycles. The van der Waals surface area contributed by atoms with Crippen molar-refractivity contribution in [3.8, 4) is 0 Å². The van der Waals surface area contributed by atoms with Gasteiger partial charge in [0, 0.05) is 17.1 Å². The van der Waals surface area contributed by atoms with Crippen molar-refractivity contribution >= 4 is 62.8 Å². The van der Waals surface area contributed by atoms with Gasteiger partial charge >= 0.3 is 6.09 Å². The number of nitrogens with one attached hydrogen (secondary N) is 2. The molecular formula is C25H28Cl2N6O7S. The van der Waals surface area contributed by atoms with Gasteiger partial charge in [0.2, 0.25) is 21.8 Å². The van der Waals surface area contributed by atoms with Crippen molar-refractivity contribution in [2.45, 2.75) is 18.4 Å². The molecular weight excluding hydrogens is 599 g/mol. The summed E-state index contributed by atoms with van der Waals surface area (Å²) >= 11 is 12.1. The Morgan fingerprint density at radius 3 is 2.39 bits per heavy atom. The summed E-state index contributed by atoms with van der Waals surface area (Å²) in [5.74, 6) is -1.82. The number of hydrogen-bond acceptors (Lipinski definition) is 8. The van der Waals surface area contributed by atoms with Crippen LogP contribution in [0, 0.1) is 6.92 Å². The van der Waals surface area contributed by atoms with E-state index in [1.807, 2.05) is 0 Å². The number of sulfonamides is 1. The summed E-state index contributed by atoms with van der Waals surface area (Å²) < 4.78 is 26.9. The molecule has 41 heavy (non-hydrogen) atoms. The van der Waals surface area contributed by atoms with Crippen LogP contribution in [0.15, 0.2) is 46.3 Å². The van der Waals surface area contributed by atoms with Gasteiger partial charge in [-0.15, -0.1) is 0 Å². The number of ketones is 1. The van der Waals surface area contributed by atoms with Crippen LogP contribution >= 0.6 is 23.2 Å². The van der Waals surface area contributed by atoms with Crippen LogP contribution in [0.3, 0.4) is 0 Å². The van der Waals surface area contributed by atoms with E-state index in [0.717, 1.165) is 11.6 Å². The molecule has 2 aromatic rings. The summed E-state index contributed by atoms with van der Waals surface area (Å²) in [6, 6.07) is 9.52. The van der Waals surface area contributed by atoms with E-state index in [1.165, 1.54) is 17.9 Å². The van der Waals surface area contributed by atoms with E-state index in [-0.39, 0.29) is 33.8 Å². The SMILES string of the molecule is Cc1c(Cl)ccc(S(=O)(=O)N(CC(N)=O)CC(=O)NCC(=O)CNCc2ccc(C3=NCCN3C(=O)O)cc2)c1Cl. The Labute approximate surface area is 246 Å². The Kier molecular flexibility index (Phi) is 10.8. The zero-order valence-corrected chi connectivity index (χ0v) is 24.2. The number of nitrogens with zero attached hydrogens (tertiary/aromatic N) is 3. The van der Waals surface area contributed by atoms with Gasteiger partial charge in [0.15, 0.2) is 5.78 Å². The molecule has 0 radical (unpaired) electrons. The van der Waals surface area contributed by atoms with Gasteiger partial charge in [0.05, 0.1) is 44.3 Å². The second-order valence-corrected chi connectivity index (χ2v) is 11.7. The Bertz CT molecular complexity index is 1480. The van der Waals surface area contributed by atoms with Crippen molar-refractivity contribution < 1.29 is 32.7 Å². The van der Waals surface area contributed by atoms with E-state index < -0.39 is 41.0 Å². The number of amides is 3. The molecule has 0 fully saturated rings. The first-order valence-electron chi connectivity index (χ1n) is 12.2. The zero-order chi connectivity index (χ0) is 30.3. The average Bonchev–Trinajstić information content (AvgIpc) is 3.41. The molecule has 3 rings (SSSR count). The van der Waals surface area contributed by atoms with Crippen LogP contribution in [0.5, 0.6) is 0 Å². The highest BCUT2D eigenvalue weighted by Crippen LogP contribution is 2.31. The van der Waals surface area contributed by atoms with Gasteiger partial charge in [-0.2, -0.15) is 4.31 Å². The maximum Gasteiger partial charge on any atom is 0.413 e. The Balaban J connectivity index is 1.51. The third kappa shape index (κ3) is 8.24. The molecule has 0 saturated heterocycles. The van der Waals surface area contributed by atoms with Crippen LogP contribution in [0.25, 0.3) is 0 Å². The lowest BCUT2D eigenvalue weighted by molar-refractivity contribution is -0.125. The lowest BCUT2D eigenvalue weighted by Gasteiger charge is -2.21. The number of carboxylic acid groups (broad SMARTS) is 1. The molecule has 0 saturated carbocycles. The minimum atomic E-state index is -4.42. The van der Waals surface area contributed by atoms with Crippen molar-refractivity contribution in [1.29, 1.82) is 0 Å². The first-order valence-corrected chi connectivity index (χ1v) is 14.4. The highest BCUT2D eigenvalue weighted by Gasteiger charge is 2.31. The fourth-order valence-electron chi connectivity index (χ4n) is 3.85. The van der Waals surface area contributed by atoms with Crippen molar-refractivity contribution in [2.24, 2.45) is 10.7 Å². The molecule has 3 amide bonds. The summed E-state index contributed by atoms with van der Waals surface area (Å²) in [7, 11) is -4.42. The van der Waals surface area contributed by atoms with Gasteiger partial charge in [-0.3, -0.25) is 24.3 Å². The molecule has 16 heteroatoms. The van der Waals surface area contributed by atoms with Crippen LogP contribution in [0.2, 0.25) is 10.0 Å². The number of carbonyl (C=O) groups excluding carboxylic acids is 3. The molecule has 0 atom stereocenters. The fourth-order valence-corrected chi connectivity index (χ4v) is 5.99. The number of benzene rings is 2. The van der Waals surface area contributed by atoms with Crippen LogP contribution < -0.4 is 16.4 Å². The molecule has 2 aromatic carbocycles. The zero-order valence-electron chi connectivity index (χ0n) is 21.9. The third-order valence-corrected chi connectivity index (χ3v) is 8.82. The molecule has 5 N–H and O–H groups in total. The van der Waals surface area contributed by atoms with Gasteiger partial charge in [-0.1, -0.05) is 47.5 Å². The largest absolute Gasteiger partial charge is 0.465 e. The standard InChI is InChI=1S/C25H28Cl2N6O7S/c1-15-19(26)6-7-20(23(15)27)41(39,40)32(13-21(28)35)14-22(36)31-12-18(34)11-29-10-16-2-4-17(5-3-16)24-30-8-9-33(24)25(37)38/h2-7,29H,8-14H2,1H3,(H2,28,35)(H,31,36)(H,37,38). The van der Waals surface area contributed by atoms with Gasteiger partial charge in [-0.05, 0) is 30.2 Å². The monoisotopic (exact) mass is 626 g/mol. The summed E-state index contributed by atoms with van der Waals surface area (Å²) in [6.45, 7) is 0.502. The Morgan fingerprint density at radius 1 is 1.07 bits per heavy atom. The normalized spacial score (nSPS) is 13.3. The summed E-state index contributed by atoms with van der Waals surface area (Å²) in [6.07, 6.45) is -1.07. The van der Waals surface area contributed by atoms with E-state index in [2.05, 4.69) is 15.6 Å². The van der Waals surface area contributed by atoms with Gasteiger partial charge in [0.25, 0.3) is 0 Å². The Morgan fingerprint density at radius 2 is 1.76 bits per heavy atom. The van der Waals surface area contributed by atoms with E-state index in [1.54, 1.807) is 24.3 Å². The average molecular weight is 628 g/mol. The minimum Gasteiger partial charge on any atom is -0.465 e. The third-order valence-electron chi connectivity index (χ3n) is 5.97. The number of nitrogens with two attached hydrogens (primary N) is 1. The molecule has 0 unspecified atom stereocenters. The fraction of sp³-hybridized carbons (Fsp3) is 0.320. The molecule has 13 nitrogen and oxygen atoms in total. The van der Waals surface area contributed by atoms with E-state index in [0.29, 0.717) is 40.9 Å². The number of primary amides is 1. The highest BCUT2D eigenvalue weighted by atomic mass is 35.5. The summed E-state index contributed by atoms with van der Waals surface area (Å²) in [4.78, 5) is 52.6. The highest BCUT2D eigenvalue weighted by molar-refractivity contribution is 7.89. The number of amidine groups is 1. The van der Waals surface area contributed by atoms with Crippen LogP contribution in [-0.4, -0.2) is 91.5 Å². The van der Waals surface area contributed by atoms with E-state index in [9.17, 15) is 32.7 Å². The van der Waals surface area contributed by atoms with Crippen molar-refractivity contribution in [3.63, 3.8) is 0 Å². The molecule has 0 aromatic heterocycles. The molecule has 220 valence electrons. The lowest BCUT2D eigenvalue weighted by atomic mass is 10.1. The van der Waals surface area contributed by atoms with E-state index in [4.69, 9.17) is 28.9 Å². The number of rotatable bonds is 13. The number of aliphatic imine (C=N–C) groups is 1. The molecule has 1 heterocycles. The lowest BCUT2D eigenvalue weighted by Crippen LogP contribution is -2.46. The van der Waals surface area contributed by atoms with Crippen molar-refractivity contribution in [1.82, 2.24) is 19.8 Å². The topological polar surface area (TPSA) is 192 Å². The van der Waals surface area contributed by atoms with Crippen molar-refractivity contribution in [2.75, 3.05) is 39.3 Å². The molecule has 0 bridgehead atoms. The quantitative estimate of drug-likeness (QED) is 0.253. The van der Waals surface area contributed by atoms with E-state index >= 15 is 0 Å². The predicted molar refractivity (Wildman–Crippen MR) is 151 cm³/mol. The second kappa shape index (κ2) is 13.9. The maximum absolute atomic E-state index is 13.1. The first-order chi connectivity index (χ1) is 19.3. The molecule has 0 spiro atoms. The van der Waals surface area contributed by atoms with Crippen molar-refractivity contribution in [3.05, 3.63) is 63.1 Å². The minimum absolute atomic E-state index is 0.0928. The smallest absolute Gasteiger partial charge is 0.413 e. The van der Waals surface area contributed by atoms with Crippen LogP contribution in [-0.2, 0) is 31.0 Å². The van der Waals surface area contributed by atoms with Gasteiger partial charge in [-0.25, -0.2) is 13.2 Å². The second-order valence-electron chi connectivity index (χ2n) is 8.98. The van der Waals surface area contributed by atoms with Gasteiger partial charge in [0.1, 0.15) is 10.7 Å². The number of Topliss-reactive ketones (excluding diaryl/α,β-unsaturated/α-hetero) is 1. The first kappa shape index (κ1) is 32.0. The predicted octanol–water partition coefficient (Wildman–Crippen LogP) is 0.993. The number of carbonyl (C=O) groups is 4. The van der Waals surface area contributed by atoms with Crippen LogP contribution in [0.4, 0.5) is 4.79 Å². The number of halogens is 2. The summed E-state index contributed by atoms with van der Waals surface area (Å²) in [5, 5.41) is 14.6. The molecule has 1 aliphatic heterocycles. The van der Waals surface area contributed by atoms with Crippen LogP contribution in [0.1, 0.15) is 16.7 Å². The summed E-state index contributed by atoms with van der Waals surface area (Å²) in [5.41, 5.74) is 6.99. The maximum atomic E-state index is 13.1.